The van der Waals surface area contributed by atoms with E-state index in [9.17, 15) is 4.79 Å². The molecule has 0 fully saturated rings. The number of hydrogen-bond donors (Lipinski definition) is 0. The van der Waals surface area contributed by atoms with Gasteiger partial charge in [-0.15, -0.1) is 0 Å². The third-order valence-corrected chi connectivity index (χ3v) is 4.01. The molecule has 19 heavy (non-hydrogen) atoms. The summed E-state index contributed by atoms with van der Waals surface area (Å²) >= 11 is 3.47. The molecular formula is C16H13BrO2. The molecule has 0 unspecified atom stereocenters. The van der Waals surface area contributed by atoms with Crippen LogP contribution >= 0.6 is 15.9 Å². The number of fused-ring (bicyclic) bond motifs is 2. The van der Waals surface area contributed by atoms with Gasteiger partial charge in [0.1, 0.15) is 5.75 Å². The van der Waals surface area contributed by atoms with Gasteiger partial charge in [0.2, 0.25) is 0 Å². The minimum atomic E-state index is 0.186. The highest BCUT2D eigenvalue weighted by Crippen LogP contribution is 2.29. The zero-order valence-electron chi connectivity index (χ0n) is 10.6. The van der Waals surface area contributed by atoms with Gasteiger partial charge >= 0.3 is 0 Å². The zero-order valence-corrected chi connectivity index (χ0v) is 12.2. The summed E-state index contributed by atoms with van der Waals surface area (Å²) < 4.78 is 6.27. The van der Waals surface area contributed by atoms with Gasteiger partial charge in [-0.1, -0.05) is 22.0 Å². The molecule has 3 rings (SSSR count). The van der Waals surface area contributed by atoms with Gasteiger partial charge in [-0.25, -0.2) is 0 Å². The molecule has 1 aliphatic carbocycles. The molecule has 0 saturated carbocycles. The molecule has 2 aromatic rings. The monoisotopic (exact) mass is 316 g/mol. The van der Waals surface area contributed by atoms with E-state index in [-0.39, 0.29) is 5.78 Å². The Morgan fingerprint density at radius 1 is 1.00 bits per heavy atom. The lowest BCUT2D eigenvalue weighted by molar-refractivity contribution is 0.0993. The van der Waals surface area contributed by atoms with Gasteiger partial charge in [-0.3, -0.25) is 4.79 Å². The second-order valence-corrected chi connectivity index (χ2v) is 5.63. The lowest BCUT2D eigenvalue weighted by Crippen LogP contribution is -2.03. The average molecular weight is 317 g/mol. The number of benzene rings is 2. The van der Waals surface area contributed by atoms with Crippen molar-refractivity contribution in [1.82, 2.24) is 0 Å². The Balaban J connectivity index is 2.14. The highest BCUT2D eigenvalue weighted by atomic mass is 79.9. The van der Waals surface area contributed by atoms with Crippen LogP contribution in [0.5, 0.6) is 5.75 Å². The lowest BCUT2D eigenvalue weighted by atomic mass is 10.0. The first kappa shape index (κ1) is 12.4. The van der Waals surface area contributed by atoms with E-state index in [2.05, 4.69) is 15.9 Å². The van der Waals surface area contributed by atoms with Crippen LogP contribution in [0.4, 0.5) is 0 Å². The molecule has 0 radical (unpaired) electrons. The van der Waals surface area contributed by atoms with Gasteiger partial charge in [0.15, 0.2) is 5.78 Å². The largest absolute Gasteiger partial charge is 0.497 e. The number of methoxy groups -OCH3 is 1. The van der Waals surface area contributed by atoms with Crippen LogP contribution in [0.3, 0.4) is 0 Å². The Morgan fingerprint density at radius 3 is 2.63 bits per heavy atom. The van der Waals surface area contributed by atoms with Crippen molar-refractivity contribution in [3.8, 4) is 5.75 Å². The number of carbonyl (C=O) groups is 1. The minimum absolute atomic E-state index is 0.186. The van der Waals surface area contributed by atoms with Crippen molar-refractivity contribution in [2.75, 3.05) is 7.11 Å². The van der Waals surface area contributed by atoms with Gasteiger partial charge in [0.25, 0.3) is 0 Å². The maximum atomic E-state index is 12.3. The number of hydrogen-bond acceptors (Lipinski definition) is 2. The molecule has 3 heteroatoms. The summed E-state index contributed by atoms with van der Waals surface area (Å²) in [4.78, 5) is 12.3. The number of carbonyl (C=O) groups excluding carboxylic acids is 1. The fourth-order valence-corrected chi connectivity index (χ4v) is 2.93. The Bertz CT molecular complexity index is 662. The molecular weight excluding hydrogens is 304 g/mol. The molecule has 0 atom stereocenters. The topological polar surface area (TPSA) is 26.3 Å². The van der Waals surface area contributed by atoms with Crippen LogP contribution in [0.2, 0.25) is 0 Å². The predicted octanol–water partition coefficient (Wildman–Crippen LogP) is 3.79. The van der Waals surface area contributed by atoms with Gasteiger partial charge in [-0.2, -0.15) is 0 Å². The van der Waals surface area contributed by atoms with Crippen LogP contribution < -0.4 is 4.74 Å². The van der Waals surface area contributed by atoms with Crippen molar-refractivity contribution in [2.24, 2.45) is 0 Å². The number of Topliss-reactive ketones (excluding diaryl/α,β-unsaturated/α-hetero) is 1. The summed E-state index contributed by atoms with van der Waals surface area (Å²) in [5.74, 6) is 1.02. The van der Waals surface area contributed by atoms with Crippen LogP contribution in [0.15, 0.2) is 40.9 Å². The van der Waals surface area contributed by atoms with Gasteiger partial charge < -0.3 is 4.74 Å². The van der Waals surface area contributed by atoms with Crippen LogP contribution in [-0.2, 0) is 12.8 Å². The van der Waals surface area contributed by atoms with E-state index >= 15 is 0 Å². The Morgan fingerprint density at radius 2 is 1.84 bits per heavy atom. The zero-order chi connectivity index (χ0) is 13.4. The second-order valence-electron chi connectivity index (χ2n) is 4.71. The first-order valence-corrected chi connectivity index (χ1v) is 6.94. The Labute approximate surface area is 120 Å². The summed E-state index contributed by atoms with van der Waals surface area (Å²) in [6, 6.07) is 11.8. The summed E-state index contributed by atoms with van der Waals surface area (Å²) in [5.41, 5.74) is 4.17. The molecule has 96 valence electrons. The summed E-state index contributed by atoms with van der Waals surface area (Å²) in [6.45, 7) is 0. The smallest absolute Gasteiger partial charge is 0.167 e. The first-order chi connectivity index (χ1) is 9.17. The Hall–Kier alpha value is -1.61. The molecule has 0 N–H and O–H groups in total. The molecule has 0 amide bonds. The number of rotatable bonds is 1. The van der Waals surface area contributed by atoms with Gasteiger partial charge in [0.05, 0.1) is 7.11 Å². The van der Waals surface area contributed by atoms with E-state index in [1.165, 1.54) is 5.56 Å². The fourth-order valence-electron chi connectivity index (χ4n) is 2.52. The highest BCUT2D eigenvalue weighted by molar-refractivity contribution is 9.10. The number of ketones is 1. The van der Waals surface area contributed by atoms with Crippen molar-refractivity contribution >= 4 is 21.7 Å². The van der Waals surface area contributed by atoms with E-state index in [1.807, 2.05) is 36.4 Å². The van der Waals surface area contributed by atoms with Gasteiger partial charge in [-0.05, 0) is 53.4 Å². The molecule has 0 bridgehead atoms. The highest BCUT2D eigenvalue weighted by Gasteiger charge is 2.20. The van der Waals surface area contributed by atoms with E-state index in [0.29, 0.717) is 6.42 Å². The van der Waals surface area contributed by atoms with E-state index in [4.69, 9.17) is 4.74 Å². The van der Waals surface area contributed by atoms with Crippen molar-refractivity contribution in [2.45, 2.75) is 12.8 Å². The Kier molecular flexibility index (Phi) is 3.15. The molecule has 0 aliphatic heterocycles. The van der Waals surface area contributed by atoms with E-state index in [1.54, 1.807) is 7.11 Å². The quantitative estimate of drug-likeness (QED) is 0.800. The van der Waals surface area contributed by atoms with Crippen molar-refractivity contribution in [1.29, 1.82) is 0 Å². The normalized spacial score (nSPS) is 13.5. The molecule has 0 aromatic heterocycles. The SMILES string of the molecule is COc1ccc2c(c1)Cc1cc(Br)ccc1C(=O)C2. The van der Waals surface area contributed by atoms with E-state index < -0.39 is 0 Å². The maximum Gasteiger partial charge on any atom is 0.167 e. The average Bonchev–Trinajstić information content (AvgIpc) is 2.53. The van der Waals surface area contributed by atoms with E-state index in [0.717, 1.165) is 33.3 Å². The lowest BCUT2D eigenvalue weighted by Gasteiger charge is -2.08. The van der Waals surface area contributed by atoms with Crippen molar-refractivity contribution < 1.29 is 9.53 Å². The number of ether oxygens (including phenoxy) is 1. The summed E-state index contributed by atoms with van der Waals surface area (Å²) in [5, 5.41) is 0. The van der Waals surface area contributed by atoms with Crippen LogP contribution in [-0.4, -0.2) is 12.9 Å². The molecule has 0 spiro atoms. The molecule has 2 aromatic carbocycles. The summed E-state index contributed by atoms with van der Waals surface area (Å²) in [6.07, 6.45) is 1.24. The standard InChI is InChI=1S/C16H13BrO2/c1-19-14-4-2-10-9-16(18)15-5-3-13(17)7-12(15)6-11(10)8-14/h2-5,7-8H,6,9H2,1H3. The van der Waals surface area contributed by atoms with Gasteiger partial charge in [0, 0.05) is 16.5 Å². The fraction of sp³-hybridized carbons (Fsp3) is 0.188. The van der Waals surface area contributed by atoms with Crippen molar-refractivity contribution in [3.05, 3.63) is 63.1 Å². The second kappa shape index (κ2) is 4.82. The molecule has 2 nitrogen and oxygen atoms in total. The first-order valence-electron chi connectivity index (χ1n) is 6.15. The molecule has 0 saturated heterocycles. The molecule has 0 heterocycles. The summed E-state index contributed by atoms with van der Waals surface area (Å²) in [7, 11) is 1.66. The third-order valence-electron chi connectivity index (χ3n) is 3.51. The van der Waals surface area contributed by atoms with Crippen LogP contribution in [0, 0.1) is 0 Å². The number of halogens is 1. The van der Waals surface area contributed by atoms with Crippen LogP contribution in [0.1, 0.15) is 27.0 Å². The molecule has 1 aliphatic rings. The van der Waals surface area contributed by atoms with Crippen molar-refractivity contribution in [3.63, 3.8) is 0 Å². The van der Waals surface area contributed by atoms with Crippen LogP contribution in [0.25, 0.3) is 0 Å². The minimum Gasteiger partial charge on any atom is -0.497 e. The third kappa shape index (κ3) is 2.30. The maximum absolute atomic E-state index is 12.3. The predicted molar refractivity (Wildman–Crippen MR) is 78.0 cm³/mol.